The molecule has 0 fully saturated rings. The molecule has 1 aliphatic heterocycles. The van der Waals surface area contributed by atoms with Gasteiger partial charge in [-0.05, 0) is 0 Å². The van der Waals surface area contributed by atoms with Crippen molar-refractivity contribution in [1.82, 2.24) is 0 Å². The molecule has 1 rings (SSSR count). The molecule has 0 saturated heterocycles. The van der Waals surface area contributed by atoms with E-state index in [0.717, 1.165) is 19.6 Å². The van der Waals surface area contributed by atoms with Crippen LogP contribution in [0.5, 0.6) is 0 Å². The topological polar surface area (TPSA) is 18.5 Å². The van der Waals surface area contributed by atoms with Gasteiger partial charge in [-0.3, -0.25) is 0 Å². The molecule has 0 aliphatic carbocycles. The molecule has 52 valence electrons. The molecule has 0 bridgehead atoms. The Morgan fingerprint density at radius 3 is 3.22 bits per heavy atom. The summed E-state index contributed by atoms with van der Waals surface area (Å²) < 4.78 is 10.2. The van der Waals surface area contributed by atoms with Crippen LogP contribution in [0.3, 0.4) is 0 Å². The van der Waals surface area contributed by atoms with E-state index in [9.17, 15) is 0 Å². The minimum absolute atomic E-state index is 0.310. The molecule has 2 nitrogen and oxygen atoms in total. The molecular weight excluding hydrogens is 116 g/mol. The van der Waals surface area contributed by atoms with Crippen molar-refractivity contribution in [3.05, 3.63) is 12.2 Å². The lowest BCUT2D eigenvalue weighted by Gasteiger charge is -2.05. The molecule has 1 aliphatic rings. The van der Waals surface area contributed by atoms with Crippen molar-refractivity contribution in [3.63, 3.8) is 0 Å². The van der Waals surface area contributed by atoms with Gasteiger partial charge in [0.05, 0.1) is 12.7 Å². The molecule has 1 unspecified atom stereocenters. The Labute approximate surface area is 55.5 Å². The van der Waals surface area contributed by atoms with E-state index in [1.807, 2.05) is 6.08 Å². The summed E-state index contributed by atoms with van der Waals surface area (Å²) in [6.45, 7) is 1.56. The zero-order valence-corrected chi connectivity index (χ0v) is 5.67. The van der Waals surface area contributed by atoms with Gasteiger partial charge in [0.2, 0.25) is 0 Å². The summed E-state index contributed by atoms with van der Waals surface area (Å²) in [5.41, 5.74) is 0. The van der Waals surface area contributed by atoms with Gasteiger partial charge < -0.3 is 9.47 Å². The molecular formula is C7H12O2. The quantitative estimate of drug-likeness (QED) is 0.527. The second-order valence-corrected chi connectivity index (χ2v) is 2.08. The van der Waals surface area contributed by atoms with Crippen molar-refractivity contribution < 1.29 is 9.47 Å². The number of methoxy groups -OCH3 is 1. The van der Waals surface area contributed by atoms with Gasteiger partial charge in [0, 0.05) is 20.1 Å². The summed E-state index contributed by atoms with van der Waals surface area (Å²) in [5.74, 6) is 0. The van der Waals surface area contributed by atoms with Crippen LogP contribution in [0.1, 0.15) is 6.42 Å². The van der Waals surface area contributed by atoms with Gasteiger partial charge in [-0.1, -0.05) is 12.2 Å². The van der Waals surface area contributed by atoms with Crippen molar-refractivity contribution in [1.29, 1.82) is 0 Å². The van der Waals surface area contributed by atoms with Gasteiger partial charge in [-0.2, -0.15) is 0 Å². The van der Waals surface area contributed by atoms with Crippen LogP contribution in [0.15, 0.2) is 12.2 Å². The molecule has 0 aromatic carbocycles. The normalized spacial score (nSPS) is 25.2. The SMILES string of the molecule is COCCC1C=CCO1. The van der Waals surface area contributed by atoms with Crippen LogP contribution in [-0.4, -0.2) is 26.4 Å². The van der Waals surface area contributed by atoms with Crippen LogP contribution in [-0.2, 0) is 9.47 Å². The highest BCUT2D eigenvalue weighted by molar-refractivity contribution is 4.95. The van der Waals surface area contributed by atoms with Crippen LogP contribution >= 0.6 is 0 Å². The van der Waals surface area contributed by atoms with E-state index in [0.29, 0.717) is 6.10 Å². The smallest absolute Gasteiger partial charge is 0.0782 e. The van der Waals surface area contributed by atoms with Gasteiger partial charge in [-0.15, -0.1) is 0 Å². The molecule has 9 heavy (non-hydrogen) atoms. The van der Waals surface area contributed by atoms with Gasteiger partial charge in [0.25, 0.3) is 0 Å². The van der Waals surface area contributed by atoms with Crippen LogP contribution in [0.4, 0.5) is 0 Å². The number of hydrogen-bond acceptors (Lipinski definition) is 2. The first-order valence-corrected chi connectivity index (χ1v) is 3.20. The maximum Gasteiger partial charge on any atom is 0.0782 e. The van der Waals surface area contributed by atoms with Gasteiger partial charge in [0.15, 0.2) is 0 Å². The maximum atomic E-state index is 5.26. The summed E-state index contributed by atoms with van der Waals surface area (Å²) in [4.78, 5) is 0. The number of ether oxygens (including phenoxy) is 2. The molecule has 1 atom stereocenters. The third kappa shape index (κ3) is 2.16. The van der Waals surface area contributed by atoms with Gasteiger partial charge in [-0.25, -0.2) is 0 Å². The minimum atomic E-state index is 0.310. The summed E-state index contributed by atoms with van der Waals surface area (Å²) in [6, 6.07) is 0. The Kier molecular flexibility index (Phi) is 2.74. The second-order valence-electron chi connectivity index (χ2n) is 2.08. The van der Waals surface area contributed by atoms with E-state index in [2.05, 4.69) is 6.08 Å². The average Bonchev–Trinajstić information content (AvgIpc) is 2.34. The van der Waals surface area contributed by atoms with Gasteiger partial charge >= 0.3 is 0 Å². The van der Waals surface area contributed by atoms with Crippen molar-refractivity contribution in [3.8, 4) is 0 Å². The summed E-state index contributed by atoms with van der Waals surface area (Å²) >= 11 is 0. The summed E-state index contributed by atoms with van der Waals surface area (Å²) in [6.07, 6.45) is 5.41. The predicted octanol–water partition coefficient (Wildman–Crippen LogP) is 0.978. The van der Waals surface area contributed by atoms with Crippen molar-refractivity contribution in [2.45, 2.75) is 12.5 Å². The molecule has 2 heteroatoms. The fourth-order valence-electron chi connectivity index (χ4n) is 0.856. The second kappa shape index (κ2) is 3.64. The monoisotopic (exact) mass is 128 g/mol. The van der Waals surface area contributed by atoms with Gasteiger partial charge in [0.1, 0.15) is 0 Å². The zero-order chi connectivity index (χ0) is 6.53. The van der Waals surface area contributed by atoms with Crippen LogP contribution in [0.2, 0.25) is 0 Å². The van der Waals surface area contributed by atoms with E-state index < -0.39 is 0 Å². The molecule has 0 aromatic rings. The number of rotatable bonds is 3. The van der Waals surface area contributed by atoms with Crippen LogP contribution < -0.4 is 0 Å². The third-order valence-corrected chi connectivity index (χ3v) is 1.36. The Hall–Kier alpha value is -0.340. The summed E-state index contributed by atoms with van der Waals surface area (Å²) in [5, 5.41) is 0. The first-order valence-electron chi connectivity index (χ1n) is 3.20. The molecule has 0 N–H and O–H groups in total. The minimum Gasteiger partial charge on any atom is -0.385 e. The Morgan fingerprint density at radius 1 is 1.78 bits per heavy atom. The predicted molar refractivity (Wildman–Crippen MR) is 35.4 cm³/mol. The summed E-state index contributed by atoms with van der Waals surface area (Å²) in [7, 11) is 1.71. The van der Waals surface area contributed by atoms with Crippen molar-refractivity contribution in [2.24, 2.45) is 0 Å². The van der Waals surface area contributed by atoms with E-state index in [1.54, 1.807) is 7.11 Å². The Morgan fingerprint density at radius 2 is 2.67 bits per heavy atom. The number of hydrogen-bond donors (Lipinski definition) is 0. The van der Waals surface area contributed by atoms with Crippen molar-refractivity contribution >= 4 is 0 Å². The molecule has 0 aromatic heterocycles. The highest BCUT2D eigenvalue weighted by Crippen LogP contribution is 2.06. The van der Waals surface area contributed by atoms with Crippen LogP contribution in [0.25, 0.3) is 0 Å². The Balaban J connectivity index is 2.05. The highest BCUT2D eigenvalue weighted by atomic mass is 16.5. The van der Waals surface area contributed by atoms with E-state index in [4.69, 9.17) is 9.47 Å². The largest absolute Gasteiger partial charge is 0.385 e. The molecule has 0 spiro atoms. The third-order valence-electron chi connectivity index (χ3n) is 1.36. The molecule has 1 heterocycles. The van der Waals surface area contributed by atoms with Crippen molar-refractivity contribution in [2.75, 3.05) is 20.3 Å². The standard InChI is InChI=1S/C7H12O2/c1-8-6-4-7-3-2-5-9-7/h2-3,7H,4-6H2,1H3. The lowest BCUT2D eigenvalue weighted by molar-refractivity contribution is 0.0893. The zero-order valence-electron chi connectivity index (χ0n) is 5.67. The fourth-order valence-corrected chi connectivity index (χ4v) is 0.856. The highest BCUT2D eigenvalue weighted by Gasteiger charge is 2.07. The average molecular weight is 128 g/mol. The maximum absolute atomic E-state index is 5.26. The van der Waals surface area contributed by atoms with E-state index >= 15 is 0 Å². The van der Waals surface area contributed by atoms with Crippen LogP contribution in [0, 0.1) is 0 Å². The first-order chi connectivity index (χ1) is 4.43. The first kappa shape index (κ1) is 6.78. The van der Waals surface area contributed by atoms with E-state index in [-0.39, 0.29) is 0 Å². The molecule has 0 amide bonds. The lowest BCUT2D eigenvalue weighted by Crippen LogP contribution is -2.07. The molecule has 0 radical (unpaired) electrons. The van der Waals surface area contributed by atoms with E-state index in [1.165, 1.54) is 0 Å². The fraction of sp³-hybridized carbons (Fsp3) is 0.714. The lowest BCUT2D eigenvalue weighted by atomic mass is 10.3. The Bertz CT molecular complexity index is 99.1. The molecule has 0 saturated carbocycles.